The van der Waals surface area contributed by atoms with Crippen molar-refractivity contribution >= 4 is 11.9 Å². The third kappa shape index (κ3) is 3.45. The molecule has 0 bridgehead atoms. The fourth-order valence-corrected chi connectivity index (χ4v) is 2.60. The molecule has 1 aliphatic carbocycles. The van der Waals surface area contributed by atoms with Crippen molar-refractivity contribution in [2.45, 2.75) is 37.8 Å². The molecule has 0 radical (unpaired) electrons. The first-order chi connectivity index (χ1) is 9.59. The lowest BCUT2D eigenvalue weighted by atomic mass is 9.91. The van der Waals surface area contributed by atoms with Crippen LogP contribution in [0.3, 0.4) is 0 Å². The second-order valence-electron chi connectivity index (χ2n) is 5.33. The summed E-state index contributed by atoms with van der Waals surface area (Å²) in [5.41, 5.74) is 0. The molecule has 2 rings (SSSR count). The van der Waals surface area contributed by atoms with Gasteiger partial charge in [-0.3, -0.25) is 4.79 Å². The summed E-state index contributed by atoms with van der Waals surface area (Å²) in [6, 6.07) is 1.67. The highest BCUT2D eigenvalue weighted by Gasteiger charge is 2.29. The molecule has 1 heterocycles. The van der Waals surface area contributed by atoms with Gasteiger partial charge < -0.3 is 14.9 Å². The zero-order chi connectivity index (χ0) is 14.5. The van der Waals surface area contributed by atoms with E-state index in [4.69, 9.17) is 0 Å². The molecule has 1 fully saturated rings. The molecule has 1 aromatic rings. The average Bonchev–Trinajstić information content (AvgIpc) is 2.48. The molecule has 1 aliphatic rings. The van der Waals surface area contributed by atoms with E-state index in [1.54, 1.807) is 42.4 Å². The van der Waals surface area contributed by atoms with Crippen molar-refractivity contribution in [3.05, 3.63) is 18.5 Å². The van der Waals surface area contributed by atoms with Crippen LogP contribution in [-0.4, -0.2) is 58.7 Å². The molecule has 110 valence electrons. The number of anilines is 1. The van der Waals surface area contributed by atoms with Crippen LogP contribution >= 0.6 is 0 Å². The minimum absolute atomic E-state index is 0.0223. The van der Waals surface area contributed by atoms with E-state index < -0.39 is 6.10 Å². The monoisotopic (exact) mass is 278 g/mol. The molecule has 0 aromatic carbocycles. The van der Waals surface area contributed by atoms with Crippen molar-refractivity contribution in [2.75, 3.05) is 25.5 Å². The molecule has 2 unspecified atom stereocenters. The predicted octanol–water partition coefficient (Wildman–Crippen LogP) is 0.675. The molecular formula is C14H22N4O2. The van der Waals surface area contributed by atoms with E-state index >= 15 is 0 Å². The molecule has 1 aromatic heterocycles. The number of hydrogen-bond donors (Lipinski definition) is 1. The second-order valence-corrected chi connectivity index (χ2v) is 5.33. The predicted molar refractivity (Wildman–Crippen MR) is 76.3 cm³/mol. The molecule has 0 aliphatic heterocycles. The third-order valence-electron chi connectivity index (χ3n) is 3.85. The van der Waals surface area contributed by atoms with Crippen LogP contribution in [0.5, 0.6) is 0 Å². The van der Waals surface area contributed by atoms with E-state index in [2.05, 4.69) is 9.97 Å². The summed E-state index contributed by atoms with van der Waals surface area (Å²) in [6.45, 7) is 0.212. The van der Waals surface area contributed by atoms with Crippen molar-refractivity contribution in [1.29, 1.82) is 0 Å². The Hall–Kier alpha value is -1.69. The van der Waals surface area contributed by atoms with Gasteiger partial charge in [0.05, 0.1) is 18.7 Å². The Morgan fingerprint density at radius 3 is 2.60 bits per heavy atom. The first-order valence-corrected chi connectivity index (χ1v) is 7.01. The van der Waals surface area contributed by atoms with Gasteiger partial charge in [-0.25, -0.2) is 9.97 Å². The topological polar surface area (TPSA) is 69.6 Å². The van der Waals surface area contributed by atoms with E-state index in [0.717, 1.165) is 25.7 Å². The van der Waals surface area contributed by atoms with Crippen molar-refractivity contribution in [3.63, 3.8) is 0 Å². The average molecular weight is 278 g/mol. The van der Waals surface area contributed by atoms with Crippen LogP contribution in [0, 0.1) is 0 Å². The van der Waals surface area contributed by atoms with Crippen LogP contribution in [-0.2, 0) is 4.79 Å². The molecule has 2 atom stereocenters. The zero-order valence-corrected chi connectivity index (χ0v) is 12.1. The van der Waals surface area contributed by atoms with Gasteiger partial charge in [-0.1, -0.05) is 12.8 Å². The molecule has 1 N–H and O–H groups in total. The maximum atomic E-state index is 12.3. The highest BCUT2D eigenvalue weighted by molar-refractivity contribution is 5.80. The molecule has 6 heteroatoms. The minimum Gasteiger partial charge on any atom is -0.391 e. The summed E-state index contributed by atoms with van der Waals surface area (Å²) in [5, 5.41) is 10.0. The molecular weight excluding hydrogens is 256 g/mol. The van der Waals surface area contributed by atoms with Gasteiger partial charge in [-0.05, 0) is 18.9 Å². The van der Waals surface area contributed by atoms with Crippen LogP contribution in [0.1, 0.15) is 25.7 Å². The van der Waals surface area contributed by atoms with E-state index in [0.29, 0.717) is 5.95 Å². The summed E-state index contributed by atoms with van der Waals surface area (Å²) in [6.07, 6.45) is 6.65. The summed E-state index contributed by atoms with van der Waals surface area (Å²) in [5.74, 6) is 0.504. The zero-order valence-electron chi connectivity index (χ0n) is 12.1. The van der Waals surface area contributed by atoms with Crippen LogP contribution in [0.15, 0.2) is 18.5 Å². The normalized spacial score (nSPS) is 22.4. The Labute approximate surface area is 119 Å². The van der Waals surface area contributed by atoms with Gasteiger partial charge in [0.1, 0.15) is 0 Å². The Balaban J connectivity index is 1.93. The fourth-order valence-electron chi connectivity index (χ4n) is 2.60. The van der Waals surface area contributed by atoms with Crippen LogP contribution in [0.25, 0.3) is 0 Å². The summed E-state index contributed by atoms with van der Waals surface area (Å²) < 4.78 is 0. The van der Waals surface area contributed by atoms with Gasteiger partial charge in [0.2, 0.25) is 11.9 Å². The van der Waals surface area contributed by atoms with Gasteiger partial charge in [0.25, 0.3) is 0 Å². The molecule has 20 heavy (non-hydrogen) atoms. The van der Waals surface area contributed by atoms with Crippen LogP contribution in [0.4, 0.5) is 5.95 Å². The summed E-state index contributed by atoms with van der Waals surface area (Å²) in [4.78, 5) is 23.9. The molecule has 1 saturated carbocycles. The second kappa shape index (κ2) is 6.65. The highest BCUT2D eigenvalue weighted by atomic mass is 16.3. The highest BCUT2D eigenvalue weighted by Crippen LogP contribution is 2.22. The first kappa shape index (κ1) is 14.7. The largest absolute Gasteiger partial charge is 0.391 e. The van der Waals surface area contributed by atoms with Gasteiger partial charge in [-0.2, -0.15) is 0 Å². The Kier molecular flexibility index (Phi) is 4.89. The third-order valence-corrected chi connectivity index (χ3v) is 3.85. The van der Waals surface area contributed by atoms with Crippen molar-refractivity contribution in [1.82, 2.24) is 14.9 Å². The van der Waals surface area contributed by atoms with Gasteiger partial charge in [0.15, 0.2) is 0 Å². The van der Waals surface area contributed by atoms with E-state index in [-0.39, 0.29) is 18.5 Å². The van der Waals surface area contributed by atoms with E-state index in [1.165, 1.54) is 0 Å². The SMILES string of the molecule is CN(CC(=O)N(C)C1CCCCC1O)c1ncccn1. The number of amides is 1. The maximum absolute atomic E-state index is 12.3. The number of aliphatic hydroxyl groups excluding tert-OH is 1. The van der Waals surface area contributed by atoms with Crippen LogP contribution < -0.4 is 4.90 Å². The van der Waals surface area contributed by atoms with Gasteiger partial charge in [0, 0.05) is 26.5 Å². The minimum atomic E-state index is -0.406. The van der Waals surface area contributed by atoms with Crippen molar-refractivity contribution in [3.8, 4) is 0 Å². The number of aliphatic hydroxyl groups is 1. The standard InChI is InChI=1S/C14H22N4O2/c1-17(14-15-8-5-9-16-14)10-13(20)18(2)11-6-3-4-7-12(11)19/h5,8-9,11-12,19H,3-4,6-7,10H2,1-2H3. The lowest BCUT2D eigenvalue weighted by Crippen LogP contribution is -2.49. The Morgan fingerprint density at radius 1 is 1.30 bits per heavy atom. The van der Waals surface area contributed by atoms with E-state index in [9.17, 15) is 9.90 Å². The number of carbonyl (C=O) groups is 1. The first-order valence-electron chi connectivity index (χ1n) is 7.01. The quantitative estimate of drug-likeness (QED) is 0.877. The number of carbonyl (C=O) groups excluding carboxylic acids is 1. The smallest absolute Gasteiger partial charge is 0.242 e. The summed E-state index contributed by atoms with van der Waals surface area (Å²) >= 11 is 0. The van der Waals surface area contributed by atoms with E-state index in [1.807, 2.05) is 0 Å². The van der Waals surface area contributed by atoms with Gasteiger partial charge >= 0.3 is 0 Å². The number of aromatic nitrogens is 2. The molecule has 1 amide bonds. The van der Waals surface area contributed by atoms with Crippen molar-refractivity contribution < 1.29 is 9.90 Å². The molecule has 0 saturated heterocycles. The summed E-state index contributed by atoms with van der Waals surface area (Å²) in [7, 11) is 3.56. The van der Waals surface area contributed by atoms with Gasteiger partial charge in [-0.15, -0.1) is 0 Å². The fraction of sp³-hybridized carbons (Fsp3) is 0.643. The maximum Gasteiger partial charge on any atom is 0.242 e. The van der Waals surface area contributed by atoms with Crippen LogP contribution in [0.2, 0.25) is 0 Å². The molecule has 6 nitrogen and oxygen atoms in total. The Morgan fingerprint density at radius 2 is 1.95 bits per heavy atom. The number of rotatable bonds is 4. The van der Waals surface area contributed by atoms with Crippen molar-refractivity contribution in [2.24, 2.45) is 0 Å². The number of nitrogens with zero attached hydrogens (tertiary/aromatic N) is 4. The molecule has 0 spiro atoms. The number of likely N-dealkylation sites (N-methyl/N-ethyl adjacent to an activating group) is 2. The lowest BCUT2D eigenvalue weighted by molar-refractivity contribution is -0.133. The lowest BCUT2D eigenvalue weighted by Gasteiger charge is -2.35. The number of hydrogen-bond acceptors (Lipinski definition) is 5. The Bertz CT molecular complexity index is 440.